The monoisotopic (exact) mass is 372 g/mol. The van der Waals surface area contributed by atoms with Crippen LogP contribution in [0, 0.1) is 5.82 Å². The van der Waals surface area contributed by atoms with E-state index < -0.39 is 18.4 Å². The molecule has 1 fully saturated rings. The molecule has 1 amide bonds. The summed E-state index contributed by atoms with van der Waals surface area (Å²) in [6, 6.07) is 12.4. The van der Waals surface area contributed by atoms with E-state index in [2.05, 4.69) is 10.3 Å². The van der Waals surface area contributed by atoms with E-state index in [1.165, 1.54) is 12.1 Å². The zero-order chi connectivity index (χ0) is 18.5. The summed E-state index contributed by atoms with van der Waals surface area (Å²) in [7, 11) is 0. The first kappa shape index (κ1) is 17.7. The Morgan fingerprint density at radius 2 is 2.04 bits per heavy atom. The van der Waals surface area contributed by atoms with Crippen molar-refractivity contribution in [3.63, 3.8) is 0 Å². The number of carboxylic acid groups (broad SMARTS) is 1. The minimum absolute atomic E-state index is 0.295. The summed E-state index contributed by atoms with van der Waals surface area (Å²) in [5.74, 6) is -1.33. The van der Waals surface area contributed by atoms with Crippen molar-refractivity contribution in [3.05, 3.63) is 64.8 Å². The molecule has 2 aromatic rings. The molecule has 132 valence electrons. The maximum Gasteiger partial charge on any atom is 0.341 e. The van der Waals surface area contributed by atoms with Crippen LogP contribution in [0.4, 0.5) is 10.1 Å². The fourth-order valence-electron chi connectivity index (χ4n) is 2.10. The van der Waals surface area contributed by atoms with Crippen LogP contribution in [-0.4, -0.2) is 28.8 Å². The van der Waals surface area contributed by atoms with E-state index in [1.54, 1.807) is 42.5 Å². The molecule has 2 aromatic carbocycles. The zero-order valence-electron chi connectivity index (χ0n) is 13.3. The van der Waals surface area contributed by atoms with Crippen LogP contribution in [0.25, 0.3) is 6.08 Å². The molecule has 1 aliphatic heterocycles. The number of nitrogens with one attached hydrogen (secondary N) is 1. The summed E-state index contributed by atoms with van der Waals surface area (Å²) in [6.45, 7) is -0.418. The van der Waals surface area contributed by atoms with Gasteiger partial charge in [-0.05, 0) is 53.7 Å². The smallest absolute Gasteiger partial charge is 0.341 e. The minimum Gasteiger partial charge on any atom is -0.482 e. The Labute approximate surface area is 152 Å². The second-order valence-electron chi connectivity index (χ2n) is 5.21. The van der Waals surface area contributed by atoms with Crippen molar-refractivity contribution >= 4 is 40.6 Å². The molecule has 6 nitrogen and oxygen atoms in total. The third kappa shape index (κ3) is 4.70. The normalized spacial score (nSPS) is 16.7. The van der Waals surface area contributed by atoms with Gasteiger partial charge in [0.2, 0.25) is 0 Å². The molecule has 0 aliphatic carbocycles. The van der Waals surface area contributed by atoms with Crippen molar-refractivity contribution in [2.45, 2.75) is 0 Å². The highest BCUT2D eigenvalue weighted by atomic mass is 32.2. The molecule has 0 spiro atoms. The van der Waals surface area contributed by atoms with Crippen molar-refractivity contribution in [2.24, 2.45) is 4.99 Å². The molecular formula is C18H13FN2O4S. The zero-order valence-corrected chi connectivity index (χ0v) is 14.1. The van der Waals surface area contributed by atoms with Gasteiger partial charge in [0.05, 0.1) is 10.6 Å². The molecule has 8 heteroatoms. The first-order valence-corrected chi connectivity index (χ1v) is 8.31. The van der Waals surface area contributed by atoms with Gasteiger partial charge in [0.15, 0.2) is 11.8 Å². The number of rotatable bonds is 5. The van der Waals surface area contributed by atoms with E-state index in [1.807, 2.05) is 0 Å². The molecule has 0 aromatic heterocycles. The third-order valence-electron chi connectivity index (χ3n) is 3.23. The third-order valence-corrected chi connectivity index (χ3v) is 4.14. The average Bonchev–Trinajstić information content (AvgIpc) is 2.93. The predicted octanol–water partition coefficient (Wildman–Crippen LogP) is 3.18. The second kappa shape index (κ2) is 7.83. The molecule has 3 rings (SSSR count). The number of aliphatic carboxylic acids is 1. The molecular weight excluding hydrogens is 359 g/mol. The number of carbonyl (C=O) groups is 2. The van der Waals surface area contributed by atoms with Crippen LogP contribution in [-0.2, 0) is 9.59 Å². The van der Waals surface area contributed by atoms with Crippen molar-refractivity contribution in [2.75, 3.05) is 6.61 Å². The molecule has 0 bridgehead atoms. The van der Waals surface area contributed by atoms with Crippen LogP contribution >= 0.6 is 11.8 Å². The standard InChI is InChI=1S/C18H13FN2O4S/c19-12-2-1-3-13(9-12)20-18-21-17(24)15(26-18)8-11-4-6-14(7-5-11)25-10-16(22)23/h1-9H,10H2,(H,22,23)(H,20,21,24)/b15-8+. The molecule has 1 aliphatic rings. The van der Waals surface area contributed by atoms with Gasteiger partial charge in [-0.15, -0.1) is 0 Å². The summed E-state index contributed by atoms with van der Waals surface area (Å²) in [4.78, 5) is 27.2. The summed E-state index contributed by atoms with van der Waals surface area (Å²) in [6.07, 6.45) is 1.68. The minimum atomic E-state index is -1.06. The molecule has 0 saturated carbocycles. The first-order chi connectivity index (χ1) is 12.5. The molecule has 0 radical (unpaired) electrons. The van der Waals surface area contributed by atoms with Gasteiger partial charge in [-0.2, -0.15) is 0 Å². The Bertz CT molecular complexity index is 910. The van der Waals surface area contributed by atoms with Crippen LogP contribution in [0.2, 0.25) is 0 Å². The number of thioether (sulfide) groups is 1. The van der Waals surface area contributed by atoms with Crippen molar-refractivity contribution < 1.29 is 23.8 Å². The van der Waals surface area contributed by atoms with Crippen LogP contribution in [0.15, 0.2) is 58.4 Å². The molecule has 1 heterocycles. The summed E-state index contributed by atoms with van der Waals surface area (Å²) in [5, 5.41) is 11.6. The van der Waals surface area contributed by atoms with Gasteiger partial charge < -0.3 is 15.2 Å². The van der Waals surface area contributed by atoms with Gasteiger partial charge in [-0.1, -0.05) is 18.2 Å². The number of carbonyl (C=O) groups excluding carboxylic acids is 1. The first-order valence-electron chi connectivity index (χ1n) is 7.49. The SMILES string of the molecule is O=C(O)COc1ccc(/C=C2/SC(=Nc3cccc(F)c3)NC2=O)cc1. The fourth-order valence-corrected chi connectivity index (χ4v) is 2.94. The van der Waals surface area contributed by atoms with Crippen molar-refractivity contribution in [1.29, 1.82) is 0 Å². The molecule has 26 heavy (non-hydrogen) atoms. The van der Waals surface area contributed by atoms with Crippen molar-refractivity contribution in [3.8, 4) is 5.75 Å². The highest BCUT2D eigenvalue weighted by Gasteiger charge is 2.23. The average molecular weight is 372 g/mol. The Hall–Kier alpha value is -3.13. The maximum absolute atomic E-state index is 13.2. The van der Waals surface area contributed by atoms with E-state index in [-0.39, 0.29) is 5.91 Å². The van der Waals surface area contributed by atoms with Crippen LogP contribution in [0.1, 0.15) is 5.56 Å². The molecule has 2 N–H and O–H groups in total. The molecule has 0 atom stereocenters. The van der Waals surface area contributed by atoms with Crippen LogP contribution < -0.4 is 10.1 Å². The number of benzene rings is 2. The van der Waals surface area contributed by atoms with Gasteiger partial charge in [0.1, 0.15) is 11.6 Å². The van der Waals surface area contributed by atoms with Gasteiger partial charge in [0.25, 0.3) is 5.91 Å². The van der Waals surface area contributed by atoms with E-state index in [0.29, 0.717) is 21.5 Å². The summed E-state index contributed by atoms with van der Waals surface area (Å²) in [5.41, 5.74) is 1.16. The molecule has 0 unspecified atom stereocenters. The fraction of sp³-hybridized carbons (Fsp3) is 0.0556. The highest BCUT2D eigenvalue weighted by Crippen LogP contribution is 2.28. The summed E-state index contributed by atoms with van der Waals surface area (Å²) < 4.78 is 18.2. The predicted molar refractivity (Wildman–Crippen MR) is 96.8 cm³/mol. The van der Waals surface area contributed by atoms with E-state index in [0.717, 1.165) is 17.3 Å². The number of hydrogen-bond donors (Lipinski definition) is 2. The quantitative estimate of drug-likeness (QED) is 0.787. The number of hydrogen-bond acceptors (Lipinski definition) is 5. The Morgan fingerprint density at radius 3 is 2.73 bits per heavy atom. The lowest BCUT2D eigenvalue weighted by Gasteiger charge is -2.03. The second-order valence-corrected chi connectivity index (χ2v) is 6.24. The largest absolute Gasteiger partial charge is 0.482 e. The Kier molecular flexibility index (Phi) is 5.33. The maximum atomic E-state index is 13.2. The van der Waals surface area contributed by atoms with Gasteiger partial charge in [-0.25, -0.2) is 14.2 Å². The number of amidine groups is 1. The number of halogens is 1. The van der Waals surface area contributed by atoms with Gasteiger partial charge >= 0.3 is 5.97 Å². The lowest BCUT2D eigenvalue weighted by molar-refractivity contribution is -0.139. The van der Waals surface area contributed by atoms with Gasteiger partial charge in [-0.3, -0.25) is 4.79 Å². The topological polar surface area (TPSA) is 88.0 Å². The number of aliphatic imine (C=N–C) groups is 1. The van der Waals surface area contributed by atoms with Crippen molar-refractivity contribution in [1.82, 2.24) is 5.32 Å². The Morgan fingerprint density at radius 1 is 1.27 bits per heavy atom. The Balaban J connectivity index is 1.71. The van der Waals surface area contributed by atoms with E-state index in [4.69, 9.17) is 9.84 Å². The van der Waals surface area contributed by atoms with Gasteiger partial charge in [0, 0.05) is 0 Å². The van der Waals surface area contributed by atoms with Crippen LogP contribution in [0.3, 0.4) is 0 Å². The number of carboxylic acids is 1. The molecule has 1 saturated heterocycles. The number of ether oxygens (including phenoxy) is 1. The lowest BCUT2D eigenvalue weighted by atomic mass is 10.2. The highest BCUT2D eigenvalue weighted by molar-refractivity contribution is 8.18. The van der Waals surface area contributed by atoms with Crippen LogP contribution in [0.5, 0.6) is 5.75 Å². The summed E-state index contributed by atoms with van der Waals surface area (Å²) >= 11 is 1.15. The van der Waals surface area contributed by atoms with E-state index >= 15 is 0 Å². The van der Waals surface area contributed by atoms with E-state index in [9.17, 15) is 14.0 Å². The lowest BCUT2D eigenvalue weighted by Crippen LogP contribution is -2.19. The number of nitrogens with zero attached hydrogens (tertiary/aromatic N) is 1. The number of amides is 1.